The van der Waals surface area contributed by atoms with Crippen molar-refractivity contribution in [1.82, 2.24) is 0 Å². The average molecular weight is 619 g/mol. The van der Waals surface area contributed by atoms with Crippen molar-refractivity contribution < 1.29 is 39.8 Å². The Morgan fingerprint density at radius 1 is 1.02 bits per heavy atom. The summed E-state index contributed by atoms with van der Waals surface area (Å²) in [6.07, 6.45) is 1.03. The number of hydrogen-bond donors (Lipinski definition) is 5. The highest BCUT2D eigenvalue weighted by molar-refractivity contribution is 5.71. The second-order valence-corrected chi connectivity index (χ2v) is 16.5. The molecule has 0 bridgehead atoms. The van der Waals surface area contributed by atoms with Gasteiger partial charge in [0, 0.05) is 0 Å². The maximum atomic E-state index is 12.9. The highest BCUT2D eigenvalue weighted by Gasteiger charge is 2.66. The number of fused-ring (bicyclic) bond motifs is 4. The van der Waals surface area contributed by atoms with Crippen molar-refractivity contribution in [1.29, 1.82) is 0 Å². The summed E-state index contributed by atoms with van der Waals surface area (Å²) in [4.78, 5) is 12.9. The van der Waals surface area contributed by atoms with Gasteiger partial charge in [-0.05, 0) is 103 Å². The summed E-state index contributed by atoms with van der Waals surface area (Å²) in [5, 5.41) is 53.2. The van der Waals surface area contributed by atoms with Gasteiger partial charge >= 0.3 is 5.97 Å². The molecule has 2 saturated carbocycles. The van der Waals surface area contributed by atoms with Crippen molar-refractivity contribution in [2.45, 2.75) is 143 Å². The molecule has 1 heterocycles. The van der Waals surface area contributed by atoms with Gasteiger partial charge in [0.1, 0.15) is 18.3 Å². The van der Waals surface area contributed by atoms with Crippen LogP contribution in [0.4, 0.5) is 0 Å². The Kier molecular flexibility index (Phi) is 9.09. The number of aliphatic hydroxyl groups is 4. The minimum absolute atomic E-state index is 0.00306. The topological polar surface area (TPSA) is 137 Å². The Bertz CT molecular complexity index is 1160. The minimum atomic E-state index is -1.40. The number of aliphatic carboxylic acids is 1. The summed E-state index contributed by atoms with van der Waals surface area (Å²) < 4.78 is 12.5. The molecule has 5 rings (SSSR count). The number of allylic oxidation sites excluding steroid dienone is 2. The molecule has 1 saturated heterocycles. The summed E-state index contributed by atoms with van der Waals surface area (Å²) in [6, 6.07) is 0. The van der Waals surface area contributed by atoms with Crippen LogP contribution in [0.25, 0.3) is 0 Å². The van der Waals surface area contributed by atoms with Gasteiger partial charge in [0.25, 0.3) is 0 Å². The van der Waals surface area contributed by atoms with Gasteiger partial charge in [-0.25, -0.2) is 0 Å². The van der Waals surface area contributed by atoms with E-state index in [2.05, 4.69) is 55.0 Å². The van der Waals surface area contributed by atoms with E-state index in [-0.39, 0.29) is 40.1 Å². The number of rotatable bonds is 8. The highest BCUT2D eigenvalue weighted by atomic mass is 16.7. The molecule has 8 heteroatoms. The fourth-order valence-corrected chi connectivity index (χ4v) is 10.6. The Morgan fingerprint density at radius 3 is 2.34 bits per heavy atom. The van der Waals surface area contributed by atoms with Crippen LogP contribution >= 0.6 is 0 Å². The van der Waals surface area contributed by atoms with E-state index in [1.165, 1.54) is 11.1 Å². The second-order valence-electron chi connectivity index (χ2n) is 16.5. The molecule has 250 valence electrons. The summed E-state index contributed by atoms with van der Waals surface area (Å²) >= 11 is 0. The number of aliphatic hydroxyl groups excluding tert-OH is 4. The normalized spacial score (nSPS) is 45.8. The number of ether oxygens (including phenoxy) is 2. The molecule has 1 aliphatic heterocycles. The maximum absolute atomic E-state index is 12.9. The van der Waals surface area contributed by atoms with Crippen molar-refractivity contribution in [3.63, 3.8) is 0 Å². The first kappa shape index (κ1) is 34.1. The van der Waals surface area contributed by atoms with Crippen LogP contribution in [-0.4, -0.2) is 74.9 Å². The second kappa shape index (κ2) is 11.7. The van der Waals surface area contributed by atoms with E-state index < -0.39 is 48.7 Å². The third kappa shape index (κ3) is 5.14. The zero-order valence-corrected chi connectivity index (χ0v) is 28.0. The summed E-state index contributed by atoms with van der Waals surface area (Å²) in [7, 11) is 0. The van der Waals surface area contributed by atoms with Crippen LogP contribution in [0.5, 0.6) is 0 Å². The first-order chi connectivity index (χ1) is 20.4. The smallest absolute Gasteiger partial charge is 0.306 e. The highest BCUT2D eigenvalue weighted by Crippen LogP contribution is 2.73. The van der Waals surface area contributed by atoms with Gasteiger partial charge in [0.15, 0.2) is 6.29 Å². The predicted molar refractivity (Wildman–Crippen MR) is 167 cm³/mol. The quantitative estimate of drug-likeness (QED) is 0.234. The number of carboxylic acid groups (broad SMARTS) is 1. The Morgan fingerprint density at radius 2 is 1.70 bits per heavy atom. The van der Waals surface area contributed by atoms with Gasteiger partial charge in [0.2, 0.25) is 0 Å². The van der Waals surface area contributed by atoms with Gasteiger partial charge in [-0.1, -0.05) is 66.2 Å². The first-order valence-electron chi connectivity index (χ1n) is 17.0. The average Bonchev–Trinajstić information content (AvgIpc) is 3.22. The van der Waals surface area contributed by atoms with Crippen LogP contribution in [0.3, 0.4) is 0 Å². The van der Waals surface area contributed by atoms with Crippen molar-refractivity contribution in [3.8, 4) is 0 Å². The van der Waals surface area contributed by atoms with Gasteiger partial charge < -0.3 is 35.0 Å². The Hall–Kier alpha value is -1.29. The zero-order valence-electron chi connectivity index (χ0n) is 28.0. The van der Waals surface area contributed by atoms with Crippen LogP contribution in [0.2, 0.25) is 0 Å². The minimum Gasteiger partial charge on any atom is -0.481 e. The molecule has 44 heavy (non-hydrogen) atoms. The van der Waals surface area contributed by atoms with Crippen LogP contribution < -0.4 is 0 Å². The maximum Gasteiger partial charge on any atom is 0.306 e. The predicted octanol–water partition coefficient (Wildman–Crippen LogP) is 5.22. The molecule has 5 N–H and O–H groups in total. The largest absolute Gasteiger partial charge is 0.481 e. The fraction of sp³-hybridized carbons (Fsp3) is 0.861. The van der Waals surface area contributed by atoms with E-state index in [4.69, 9.17) is 9.47 Å². The van der Waals surface area contributed by atoms with Crippen molar-refractivity contribution >= 4 is 5.97 Å². The molecule has 12 atom stereocenters. The first-order valence-corrected chi connectivity index (χ1v) is 17.0. The number of carboxylic acids is 1. The Labute approximate surface area is 263 Å². The standard InChI is InChI=1S/C36H58O8/c1-19(2)20(3)9-10-21(31(41)42)22-11-16-36(8)28-23(12-15-35(22,36)7)34(6)14-13-27(38)33(4,5)26(34)17-25(28)44-32-30(40)29(39)24(37)18-43-32/h19,21-22,24-27,29-30,32,37-40H,3,9-18H2,1-2,4-8H3,(H,41,42)/t21-,22-,24-,25-,26+,27+,29+,30-,32+,34-,35-,36+/m1/s1. The lowest BCUT2D eigenvalue weighted by molar-refractivity contribution is -0.285. The lowest BCUT2D eigenvalue weighted by Crippen LogP contribution is -2.60. The number of carbonyl (C=O) groups is 1. The van der Waals surface area contributed by atoms with E-state index >= 15 is 0 Å². The molecule has 8 nitrogen and oxygen atoms in total. The molecule has 0 aromatic heterocycles. The molecule has 0 unspecified atom stereocenters. The van der Waals surface area contributed by atoms with E-state index in [1.54, 1.807) is 0 Å². The molecule has 5 aliphatic rings. The van der Waals surface area contributed by atoms with E-state index in [0.29, 0.717) is 25.2 Å². The molecule has 4 aliphatic carbocycles. The summed E-state index contributed by atoms with van der Waals surface area (Å²) in [5.41, 5.74) is 2.60. The molecule has 0 aromatic rings. The zero-order chi connectivity index (χ0) is 32.6. The van der Waals surface area contributed by atoms with E-state index in [0.717, 1.165) is 44.1 Å². The third-order valence-electron chi connectivity index (χ3n) is 13.9. The lowest BCUT2D eigenvalue weighted by Gasteiger charge is -2.63. The van der Waals surface area contributed by atoms with E-state index in [1.807, 2.05) is 0 Å². The molecular formula is C36H58O8. The van der Waals surface area contributed by atoms with Gasteiger partial charge in [0.05, 0.1) is 24.7 Å². The molecular weight excluding hydrogens is 560 g/mol. The Balaban J connectivity index is 1.57. The summed E-state index contributed by atoms with van der Waals surface area (Å²) in [6.45, 7) is 19.6. The SMILES string of the molecule is C=C(CC[C@@H](C(=O)O)[C@H]1CC[C@@]2(C)C3=C(CC[C@]12C)[C@@]1(C)CC[C@H](O)C(C)(C)[C@@H]1C[C@H]3O[C@@H]1OC[C@@H](O)[C@H](O)[C@H]1O)C(C)C. The lowest BCUT2D eigenvalue weighted by atomic mass is 9.42. The van der Waals surface area contributed by atoms with Gasteiger partial charge in [-0.2, -0.15) is 0 Å². The van der Waals surface area contributed by atoms with Crippen LogP contribution in [0.15, 0.2) is 23.3 Å². The summed E-state index contributed by atoms with van der Waals surface area (Å²) in [5.74, 6) is -0.745. The fourth-order valence-electron chi connectivity index (χ4n) is 10.6. The molecule has 0 radical (unpaired) electrons. The van der Waals surface area contributed by atoms with Crippen molar-refractivity contribution in [2.75, 3.05) is 6.61 Å². The van der Waals surface area contributed by atoms with Crippen molar-refractivity contribution in [2.24, 2.45) is 45.3 Å². The van der Waals surface area contributed by atoms with E-state index in [9.17, 15) is 30.3 Å². The number of hydrogen-bond acceptors (Lipinski definition) is 7. The van der Waals surface area contributed by atoms with Crippen molar-refractivity contribution in [3.05, 3.63) is 23.3 Å². The van der Waals surface area contributed by atoms with Gasteiger partial charge in [-0.3, -0.25) is 4.79 Å². The van der Waals surface area contributed by atoms with Crippen LogP contribution in [0, 0.1) is 45.3 Å². The van der Waals surface area contributed by atoms with Crippen LogP contribution in [0.1, 0.15) is 106 Å². The molecule has 0 amide bonds. The van der Waals surface area contributed by atoms with Gasteiger partial charge in [-0.15, -0.1) is 0 Å². The van der Waals surface area contributed by atoms with Crippen LogP contribution in [-0.2, 0) is 14.3 Å². The molecule has 3 fully saturated rings. The third-order valence-corrected chi connectivity index (χ3v) is 13.9. The monoisotopic (exact) mass is 618 g/mol. The molecule has 0 aromatic carbocycles. The molecule has 0 spiro atoms.